The first-order chi connectivity index (χ1) is 6.20. The topological polar surface area (TPSA) is 12.0 Å². The van der Waals surface area contributed by atoms with Gasteiger partial charge in [-0.2, -0.15) is 0 Å². The van der Waals surface area contributed by atoms with Crippen LogP contribution in [0.15, 0.2) is 6.07 Å². The standard InChI is InChI=1S/C11H14ClN/c1-7-5-9-6-13-4-3-10(9)11(12)8(7)2/h5,13H,3-4,6H2,1-2H3. The number of aryl methyl sites for hydroxylation is 1. The van der Waals surface area contributed by atoms with E-state index in [0.717, 1.165) is 24.5 Å². The van der Waals surface area contributed by atoms with Gasteiger partial charge in [-0.3, -0.25) is 0 Å². The predicted molar refractivity (Wildman–Crippen MR) is 56.3 cm³/mol. The first kappa shape index (κ1) is 9.04. The smallest absolute Gasteiger partial charge is 0.0473 e. The average Bonchev–Trinajstić information content (AvgIpc) is 2.15. The second-order valence-corrected chi connectivity index (χ2v) is 4.07. The second kappa shape index (κ2) is 3.32. The van der Waals surface area contributed by atoms with Crippen LogP contribution in [0.5, 0.6) is 0 Å². The number of hydrogen-bond donors (Lipinski definition) is 1. The minimum Gasteiger partial charge on any atom is -0.312 e. The van der Waals surface area contributed by atoms with E-state index in [1.165, 1.54) is 22.3 Å². The Morgan fingerprint density at radius 2 is 2.15 bits per heavy atom. The van der Waals surface area contributed by atoms with Gasteiger partial charge in [0, 0.05) is 11.6 Å². The second-order valence-electron chi connectivity index (χ2n) is 3.70. The van der Waals surface area contributed by atoms with E-state index in [0.29, 0.717) is 0 Å². The molecule has 0 saturated carbocycles. The molecule has 1 aliphatic heterocycles. The van der Waals surface area contributed by atoms with Gasteiger partial charge >= 0.3 is 0 Å². The Morgan fingerprint density at radius 1 is 1.38 bits per heavy atom. The molecule has 0 saturated heterocycles. The zero-order valence-electron chi connectivity index (χ0n) is 8.08. The molecule has 13 heavy (non-hydrogen) atoms. The van der Waals surface area contributed by atoms with Crippen LogP contribution in [0.1, 0.15) is 22.3 Å². The summed E-state index contributed by atoms with van der Waals surface area (Å²) >= 11 is 6.29. The Morgan fingerprint density at radius 3 is 2.92 bits per heavy atom. The summed E-state index contributed by atoms with van der Waals surface area (Å²) in [6, 6.07) is 2.25. The van der Waals surface area contributed by atoms with Gasteiger partial charge in [0.05, 0.1) is 0 Å². The highest BCUT2D eigenvalue weighted by Gasteiger charge is 2.14. The van der Waals surface area contributed by atoms with Crippen LogP contribution in [-0.4, -0.2) is 6.54 Å². The number of nitrogens with one attached hydrogen (secondary N) is 1. The molecule has 2 rings (SSSR count). The summed E-state index contributed by atoms with van der Waals surface area (Å²) < 4.78 is 0. The van der Waals surface area contributed by atoms with E-state index < -0.39 is 0 Å². The van der Waals surface area contributed by atoms with Gasteiger partial charge in [0.15, 0.2) is 0 Å². The average molecular weight is 196 g/mol. The molecule has 0 bridgehead atoms. The Kier molecular flexibility index (Phi) is 2.31. The van der Waals surface area contributed by atoms with E-state index in [1.807, 2.05) is 0 Å². The van der Waals surface area contributed by atoms with Crippen LogP contribution in [0.4, 0.5) is 0 Å². The van der Waals surface area contributed by atoms with E-state index in [9.17, 15) is 0 Å². The number of halogens is 1. The lowest BCUT2D eigenvalue weighted by Gasteiger charge is -2.20. The molecule has 0 atom stereocenters. The summed E-state index contributed by atoms with van der Waals surface area (Å²) in [6.07, 6.45) is 1.06. The molecule has 0 radical (unpaired) electrons. The summed E-state index contributed by atoms with van der Waals surface area (Å²) in [5.74, 6) is 0. The van der Waals surface area contributed by atoms with Crippen LogP contribution >= 0.6 is 11.6 Å². The van der Waals surface area contributed by atoms with E-state index >= 15 is 0 Å². The predicted octanol–water partition coefficient (Wildman–Crippen LogP) is 2.60. The van der Waals surface area contributed by atoms with Crippen LogP contribution in [0.25, 0.3) is 0 Å². The molecule has 1 N–H and O–H groups in total. The van der Waals surface area contributed by atoms with Gasteiger partial charge in [0.1, 0.15) is 0 Å². The molecular formula is C11H14ClN. The molecule has 70 valence electrons. The lowest BCUT2D eigenvalue weighted by Crippen LogP contribution is -2.24. The maximum atomic E-state index is 6.29. The summed E-state index contributed by atoms with van der Waals surface area (Å²) in [5.41, 5.74) is 5.26. The third-order valence-corrected chi connectivity index (χ3v) is 3.34. The third-order valence-electron chi connectivity index (χ3n) is 2.83. The number of rotatable bonds is 0. The van der Waals surface area contributed by atoms with E-state index in [2.05, 4.69) is 25.2 Å². The minimum atomic E-state index is 0.968. The Bertz CT molecular complexity index is 344. The summed E-state index contributed by atoms with van der Waals surface area (Å²) in [4.78, 5) is 0. The monoisotopic (exact) mass is 195 g/mol. The molecule has 0 aliphatic carbocycles. The van der Waals surface area contributed by atoms with Crippen molar-refractivity contribution in [3.8, 4) is 0 Å². The molecule has 1 aromatic carbocycles. The van der Waals surface area contributed by atoms with Gasteiger partial charge in [-0.25, -0.2) is 0 Å². The third kappa shape index (κ3) is 1.47. The molecular weight excluding hydrogens is 182 g/mol. The Labute approximate surface area is 84.1 Å². The van der Waals surface area contributed by atoms with E-state index in [4.69, 9.17) is 11.6 Å². The van der Waals surface area contributed by atoms with Crippen molar-refractivity contribution in [2.45, 2.75) is 26.8 Å². The fourth-order valence-electron chi connectivity index (χ4n) is 1.86. The van der Waals surface area contributed by atoms with Crippen molar-refractivity contribution in [2.75, 3.05) is 6.54 Å². The molecule has 0 amide bonds. The van der Waals surface area contributed by atoms with E-state index in [1.54, 1.807) is 0 Å². The van der Waals surface area contributed by atoms with Crippen LogP contribution in [0.3, 0.4) is 0 Å². The first-order valence-corrected chi connectivity index (χ1v) is 5.06. The highest BCUT2D eigenvalue weighted by atomic mass is 35.5. The maximum Gasteiger partial charge on any atom is 0.0473 e. The zero-order valence-corrected chi connectivity index (χ0v) is 8.83. The molecule has 1 heterocycles. The normalized spacial score (nSPS) is 15.6. The van der Waals surface area contributed by atoms with Crippen molar-refractivity contribution >= 4 is 11.6 Å². The Hall–Kier alpha value is -0.530. The van der Waals surface area contributed by atoms with Gasteiger partial charge in [-0.15, -0.1) is 0 Å². The van der Waals surface area contributed by atoms with Crippen molar-refractivity contribution in [3.63, 3.8) is 0 Å². The van der Waals surface area contributed by atoms with Gasteiger partial charge < -0.3 is 5.32 Å². The largest absolute Gasteiger partial charge is 0.312 e. The Balaban J connectivity index is 2.60. The van der Waals surface area contributed by atoms with Gasteiger partial charge in [0.2, 0.25) is 0 Å². The summed E-state index contributed by atoms with van der Waals surface area (Å²) in [5, 5.41) is 4.34. The van der Waals surface area contributed by atoms with Crippen molar-refractivity contribution < 1.29 is 0 Å². The number of fused-ring (bicyclic) bond motifs is 1. The van der Waals surface area contributed by atoms with Gasteiger partial charge in [0.25, 0.3) is 0 Å². The molecule has 0 fully saturated rings. The van der Waals surface area contributed by atoms with Crippen LogP contribution in [-0.2, 0) is 13.0 Å². The quantitative estimate of drug-likeness (QED) is 0.671. The maximum absolute atomic E-state index is 6.29. The summed E-state index contributed by atoms with van der Waals surface area (Å²) in [6.45, 7) is 6.24. The molecule has 1 aliphatic rings. The number of benzene rings is 1. The fraction of sp³-hybridized carbons (Fsp3) is 0.455. The lowest BCUT2D eigenvalue weighted by atomic mass is 9.95. The van der Waals surface area contributed by atoms with Crippen molar-refractivity contribution in [1.29, 1.82) is 0 Å². The number of hydrogen-bond acceptors (Lipinski definition) is 1. The molecule has 1 aromatic rings. The van der Waals surface area contributed by atoms with Crippen LogP contribution in [0.2, 0.25) is 5.02 Å². The molecule has 0 spiro atoms. The summed E-state index contributed by atoms with van der Waals surface area (Å²) in [7, 11) is 0. The van der Waals surface area contributed by atoms with Crippen molar-refractivity contribution in [2.24, 2.45) is 0 Å². The highest BCUT2D eigenvalue weighted by Crippen LogP contribution is 2.29. The zero-order chi connectivity index (χ0) is 9.42. The van der Waals surface area contributed by atoms with Crippen molar-refractivity contribution in [3.05, 3.63) is 33.3 Å². The van der Waals surface area contributed by atoms with Crippen LogP contribution < -0.4 is 5.32 Å². The molecule has 1 nitrogen and oxygen atoms in total. The lowest BCUT2D eigenvalue weighted by molar-refractivity contribution is 0.643. The SMILES string of the molecule is Cc1cc2c(c(Cl)c1C)CCNC2. The van der Waals surface area contributed by atoms with E-state index in [-0.39, 0.29) is 0 Å². The highest BCUT2D eigenvalue weighted by molar-refractivity contribution is 6.32. The van der Waals surface area contributed by atoms with Crippen LogP contribution in [0, 0.1) is 13.8 Å². The minimum absolute atomic E-state index is 0.968. The molecule has 2 heteroatoms. The van der Waals surface area contributed by atoms with Gasteiger partial charge in [-0.05, 0) is 49.1 Å². The fourth-order valence-corrected chi connectivity index (χ4v) is 2.23. The van der Waals surface area contributed by atoms with Gasteiger partial charge in [-0.1, -0.05) is 17.7 Å². The van der Waals surface area contributed by atoms with Crippen molar-refractivity contribution in [1.82, 2.24) is 5.32 Å². The molecule has 0 aromatic heterocycles. The first-order valence-electron chi connectivity index (χ1n) is 4.68. The molecule has 0 unspecified atom stereocenters.